The summed E-state index contributed by atoms with van der Waals surface area (Å²) in [6.45, 7) is 11.6. The van der Waals surface area contributed by atoms with Gasteiger partial charge < -0.3 is 14.6 Å². The van der Waals surface area contributed by atoms with Crippen LogP contribution in [0.5, 0.6) is 0 Å². The first kappa shape index (κ1) is 22.2. The molecule has 26 heavy (non-hydrogen) atoms. The van der Waals surface area contributed by atoms with Gasteiger partial charge >= 0.3 is 0 Å². The largest absolute Gasteiger partial charge is 0.446 e. The number of nitrogens with zero attached hydrogens (tertiary/aromatic N) is 2. The van der Waals surface area contributed by atoms with E-state index in [0.29, 0.717) is 25.5 Å². The molecule has 1 N–H and O–H groups in total. The molecule has 1 aromatic heterocycles. The maximum absolute atomic E-state index is 12.7. The monoisotopic (exact) mass is 365 g/mol. The van der Waals surface area contributed by atoms with Crippen LogP contribution in [0.25, 0.3) is 0 Å². The van der Waals surface area contributed by atoms with E-state index in [2.05, 4.69) is 24.1 Å². The lowest BCUT2D eigenvalue weighted by atomic mass is 9.94. The molecule has 0 radical (unpaired) electrons. The molecule has 0 aliphatic heterocycles. The second kappa shape index (κ2) is 11.0. The van der Waals surface area contributed by atoms with Crippen molar-refractivity contribution in [2.24, 2.45) is 5.41 Å². The van der Waals surface area contributed by atoms with Crippen molar-refractivity contribution < 1.29 is 14.0 Å². The molecule has 1 heterocycles. The molecule has 0 atom stereocenters. The molecule has 148 valence electrons. The van der Waals surface area contributed by atoms with Crippen molar-refractivity contribution in [2.75, 3.05) is 13.1 Å². The number of oxazole rings is 1. The number of nitrogens with one attached hydrogen (secondary N) is 1. The molecule has 1 rings (SSSR count). The van der Waals surface area contributed by atoms with Gasteiger partial charge in [0.05, 0.1) is 6.54 Å². The van der Waals surface area contributed by atoms with E-state index in [1.165, 1.54) is 6.26 Å². The fourth-order valence-electron chi connectivity index (χ4n) is 2.60. The first-order chi connectivity index (χ1) is 12.3. The average Bonchev–Trinajstić information content (AvgIpc) is 3.05. The van der Waals surface area contributed by atoms with Gasteiger partial charge in [0.15, 0.2) is 5.69 Å². The van der Waals surface area contributed by atoms with Gasteiger partial charge in [0.2, 0.25) is 11.8 Å². The fourth-order valence-corrected chi connectivity index (χ4v) is 2.60. The zero-order chi connectivity index (χ0) is 19.6. The molecule has 0 bridgehead atoms. The standard InChI is InChI=1S/C20H35N3O3/c1-6-8-10-12-21-18(24)16-15-26-17(22-16)14-23(13-11-9-7-2)19(25)20(3,4)5/h15H,6-14H2,1-5H3,(H,21,24). The third kappa shape index (κ3) is 7.58. The maximum Gasteiger partial charge on any atom is 0.273 e. The van der Waals surface area contributed by atoms with Crippen molar-refractivity contribution in [2.45, 2.75) is 79.7 Å². The van der Waals surface area contributed by atoms with Gasteiger partial charge in [-0.2, -0.15) is 0 Å². The SMILES string of the molecule is CCCCCNC(=O)c1coc(CN(CCCCC)C(=O)C(C)(C)C)n1. The molecule has 6 heteroatoms. The summed E-state index contributed by atoms with van der Waals surface area (Å²) in [5.41, 5.74) is -0.189. The quantitative estimate of drug-likeness (QED) is 0.598. The fraction of sp³-hybridized carbons (Fsp3) is 0.750. The highest BCUT2D eigenvalue weighted by Gasteiger charge is 2.28. The maximum atomic E-state index is 12.7. The number of hydrogen-bond acceptors (Lipinski definition) is 4. The van der Waals surface area contributed by atoms with E-state index in [-0.39, 0.29) is 17.5 Å². The van der Waals surface area contributed by atoms with E-state index in [4.69, 9.17) is 4.42 Å². The lowest BCUT2D eigenvalue weighted by Crippen LogP contribution is -2.39. The molecule has 0 aromatic carbocycles. The van der Waals surface area contributed by atoms with E-state index in [9.17, 15) is 9.59 Å². The van der Waals surface area contributed by atoms with Gasteiger partial charge in [-0.3, -0.25) is 9.59 Å². The molecule has 1 aromatic rings. The Bertz CT molecular complexity index is 561. The number of carbonyl (C=O) groups excluding carboxylic acids is 2. The van der Waals surface area contributed by atoms with Crippen LogP contribution in [-0.2, 0) is 11.3 Å². The number of aromatic nitrogens is 1. The van der Waals surface area contributed by atoms with Crippen LogP contribution in [0.4, 0.5) is 0 Å². The number of amides is 2. The van der Waals surface area contributed by atoms with E-state index >= 15 is 0 Å². The lowest BCUT2D eigenvalue weighted by molar-refractivity contribution is -0.140. The number of carbonyl (C=O) groups is 2. The summed E-state index contributed by atoms with van der Waals surface area (Å²) in [5.74, 6) is 0.242. The Balaban J connectivity index is 2.68. The highest BCUT2D eigenvalue weighted by molar-refractivity contribution is 5.91. The van der Waals surface area contributed by atoms with Crippen molar-refractivity contribution >= 4 is 11.8 Å². The Kier molecular flexibility index (Phi) is 9.38. The summed E-state index contributed by atoms with van der Waals surface area (Å²) >= 11 is 0. The van der Waals surface area contributed by atoms with Crippen LogP contribution in [0.15, 0.2) is 10.7 Å². The summed E-state index contributed by atoms with van der Waals surface area (Å²) in [4.78, 5) is 30.8. The summed E-state index contributed by atoms with van der Waals surface area (Å²) < 4.78 is 5.45. The molecule has 0 fully saturated rings. The van der Waals surface area contributed by atoms with Crippen LogP contribution >= 0.6 is 0 Å². The zero-order valence-corrected chi connectivity index (χ0v) is 17.1. The minimum absolute atomic E-state index is 0.0670. The number of unbranched alkanes of at least 4 members (excludes halogenated alkanes) is 4. The molecule has 6 nitrogen and oxygen atoms in total. The van der Waals surface area contributed by atoms with Crippen LogP contribution in [0.3, 0.4) is 0 Å². The third-order valence-corrected chi connectivity index (χ3v) is 4.14. The topological polar surface area (TPSA) is 75.4 Å². The van der Waals surface area contributed by atoms with Crippen molar-refractivity contribution in [3.05, 3.63) is 17.8 Å². The Morgan fingerprint density at radius 1 is 1.12 bits per heavy atom. The van der Waals surface area contributed by atoms with Crippen molar-refractivity contribution in [1.82, 2.24) is 15.2 Å². The second-order valence-corrected chi connectivity index (χ2v) is 7.77. The highest BCUT2D eigenvalue weighted by Crippen LogP contribution is 2.20. The molecule has 0 saturated carbocycles. The Hall–Kier alpha value is -1.85. The van der Waals surface area contributed by atoms with Gasteiger partial charge in [-0.05, 0) is 12.8 Å². The Labute approximate surface area is 157 Å². The van der Waals surface area contributed by atoms with Gasteiger partial charge in [0.25, 0.3) is 5.91 Å². The highest BCUT2D eigenvalue weighted by atomic mass is 16.3. The van der Waals surface area contributed by atoms with Gasteiger partial charge in [0.1, 0.15) is 6.26 Å². The molecular formula is C20H35N3O3. The van der Waals surface area contributed by atoms with Gasteiger partial charge in [-0.25, -0.2) is 4.98 Å². The van der Waals surface area contributed by atoms with E-state index in [1.54, 1.807) is 4.90 Å². The van der Waals surface area contributed by atoms with Crippen molar-refractivity contribution in [1.29, 1.82) is 0 Å². The van der Waals surface area contributed by atoms with Gasteiger partial charge in [-0.15, -0.1) is 0 Å². The number of hydrogen-bond donors (Lipinski definition) is 1. The molecule has 0 aliphatic rings. The predicted molar refractivity (Wildman–Crippen MR) is 103 cm³/mol. The van der Waals surface area contributed by atoms with Crippen LogP contribution in [-0.4, -0.2) is 34.8 Å². The van der Waals surface area contributed by atoms with E-state index < -0.39 is 5.41 Å². The Morgan fingerprint density at radius 2 is 1.77 bits per heavy atom. The van der Waals surface area contributed by atoms with Crippen molar-refractivity contribution in [3.8, 4) is 0 Å². The normalized spacial score (nSPS) is 11.4. The molecule has 0 unspecified atom stereocenters. The van der Waals surface area contributed by atoms with E-state index in [0.717, 1.165) is 38.5 Å². The van der Waals surface area contributed by atoms with Crippen molar-refractivity contribution in [3.63, 3.8) is 0 Å². The van der Waals surface area contributed by atoms with Crippen LogP contribution < -0.4 is 5.32 Å². The molecule has 2 amide bonds. The average molecular weight is 366 g/mol. The van der Waals surface area contributed by atoms with Gasteiger partial charge in [-0.1, -0.05) is 60.3 Å². The summed E-state index contributed by atoms with van der Waals surface area (Å²) in [7, 11) is 0. The minimum atomic E-state index is -0.460. The minimum Gasteiger partial charge on any atom is -0.446 e. The number of rotatable bonds is 11. The van der Waals surface area contributed by atoms with Crippen LogP contribution in [0.1, 0.15) is 89.5 Å². The molecular weight excluding hydrogens is 330 g/mol. The zero-order valence-electron chi connectivity index (χ0n) is 17.1. The molecule has 0 spiro atoms. The predicted octanol–water partition coefficient (Wildman–Crippen LogP) is 4.16. The molecule has 0 saturated heterocycles. The smallest absolute Gasteiger partial charge is 0.273 e. The molecule has 0 aliphatic carbocycles. The first-order valence-electron chi connectivity index (χ1n) is 9.81. The van der Waals surface area contributed by atoms with Gasteiger partial charge in [0, 0.05) is 18.5 Å². The van der Waals surface area contributed by atoms with Crippen LogP contribution in [0, 0.1) is 5.41 Å². The lowest BCUT2D eigenvalue weighted by Gasteiger charge is -2.28. The summed E-state index contributed by atoms with van der Waals surface area (Å²) in [5, 5.41) is 2.85. The third-order valence-electron chi connectivity index (χ3n) is 4.14. The second-order valence-electron chi connectivity index (χ2n) is 7.77. The summed E-state index contributed by atoms with van der Waals surface area (Å²) in [6, 6.07) is 0. The summed E-state index contributed by atoms with van der Waals surface area (Å²) in [6.07, 6.45) is 7.65. The van der Waals surface area contributed by atoms with Crippen LogP contribution in [0.2, 0.25) is 0 Å². The van der Waals surface area contributed by atoms with E-state index in [1.807, 2.05) is 20.8 Å². The first-order valence-corrected chi connectivity index (χ1v) is 9.81. The Morgan fingerprint density at radius 3 is 2.38 bits per heavy atom.